The number of hydrogen-bond acceptors (Lipinski definition) is 5. The number of para-hydroxylation sites is 1. The summed E-state index contributed by atoms with van der Waals surface area (Å²) in [5.41, 5.74) is -0.412. The van der Waals surface area contributed by atoms with E-state index >= 15 is 0 Å². The van der Waals surface area contributed by atoms with E-state index < -0.39 is 17.2 Å². The van der Waals surface area contributed by atoms with Crippen LogP contribution in [0.3, 0.4) is 0 Å². The van der Waals surface area contributed by atoms with Crippen LogP contribution in [0.5, 0.6) is 0 Å². The van der Waals surface area contributed by atoms with Crippen LogP contribution in [0.2, 0.25) is 0 Å². The number of nitrogens with one attached hydrogen (secondary N) is 1. The highest BCUT2D eigenvalue weighted by Gasteiger charge is 2.22. The number of nitrogens with zero attached hydrogens (tertiary/aromatic N) is 3. The van der Waals surface area contributed by atoms with Gasteiger partial charge in [0.05, 0.1) is 18.3 Å². The molecule has 1 aromatic heterocycles. The van der Waals surface area contributed by atoms with Gasteiger partial charge in [0, 0.05) is 13.2 Å². The molecule has 2 aromatic carbocycles. The lowest BCUT2D eigenvalue weighted by Crippen LogP contribution is -2.46. The number of aromatic nitrogens is 3. The molecule has 2 heterocycles. The van der Waals surface area contributed by atoms with Crippen molar-refractivity contribution < 1.29 is 9.53 Å². The van der Waals surface area contributed by atoms with Gasteiger partial charge in [0.15, 0.2) is 0 Å². The number of benzene rings is 2. The topological polar surface area (TPSA) is 95.2 Å². The van der Waals surface area contributed by atoms with Gasteiger partial charge in [-0.05, 0) is 30.5 Å². The molecule has 8 nitrogen and oxygen atoms in total. The highest BCUT2D eigenvalue weighted by Crippen LogP contribution is 2.10. The third kappa shape index (κ3) is 4.23. The van der Waals surface area contributed by atoms with Crippen molar-refractivity contribution in [3.8, 4) is 5.69 Å². The first-order valence-electron chi connectivity index (χ1n) is 9.87. The molecule has 30 heavy (non-hydrogen) atoms. The standard InChI is InChI=1S/C22H22N4O4/c27-20(23-14-18-12-7-13-30-18)19-21(28)25(15-16-8-3-1-4-9-16)22(29)26(24-19)17-10-5-2-6-11-17/h1-6,8-11,18H,7,12-15H2,(H,23,27)/t18-/m1/s1. The summed E-state index contributed by atoms with van der Waals surface area (Å²) in [6, 6.07) is 17.8. The molecule has 0 unspecified atom stereocenters. The minimum atomic E-state index is -0.721. The molecule has 0 aliphatic carbocycles. The van der Waals surface area contributed by atoms with Crippen molar-refractivity contribution in [3.05, 3.63) is 92.8 Å². The normalized spacial score (nSPS) is 15.8. The quantitative estimate of drug-likeness (QED) is 0.667. The van der Waals surface area contributed by atoms with Crippen LogP contribution in [0.25, 0.3) is 5.69 Å². The first-order valence-corrected chi connectivity index (χ1v) is 9.87. The Morgan fingerprint density at radius 3 is 2.43 bits per heavy atom. The molecule has 1 amide bonds. The molecule has 1 N–H and O–H groups in total. The molecule has 1 saturated heterocycles. The molecule has 1 atom stereocenters. The van der Waals surface area contributed by atoms with Crippen LogP contribution in [-0.2, 0) is 11.3 Å². The van der Waals surface area contributed by atoms with Crippen molar-refractivity contribution in [1.29, 1.82) is 0 Å². The van der Waals surface area contributed by atoms with E-state index in [0.29, 0.717) is 18.8 Å². The highest BCUT2D eigenvalue weighted by molar-refractivity contribution is 5.91. The Morgan fingerprint density at radius 1 is 1.07 bits per heavy atom. The number of ether oxygens (including phenoxy) is 1. The summed E-state index contributed by atoms with van der Waals surface area (Å²) in [4.78, 5) is 38.8. The van der Waals surface area contributed by atoms with Crippen LogP contribution in [0.1, 0.15) is 28.9 Å². The number of carbonyl (C=O) groups is 1. The van der Waals surface area contributed by atoms with Gasteiger partial charge in [0.2, 0.25) is 5.69 Å². The lowest BCUT2D eigenvalue weighted by Gasteiger charge is -2.13. The Kier molecular flexibility index (Phi) is 5.85. The van der Waals surface area contributed by atoms with Crippen molar-refractivity contribution in [1.82, 2.24) is 19.7 Å². The molecule has 1 aliphatic rings. The molecule has 1 fully saturated rings. The van der Waals surface area contributed by atoms with Crippen LogP contribution in [0.15, 0.2) is 70.3 Å². The van der Waals surface area contributed by atoms with Crippen molar-refractivity contribution in [2.75, 3.05) is 13.2 Å². The minimum Gasteiger partial charge on any atom is -0.376 e. The van der Waals surface area contributed by atoms with Gasteiger partial charge in [-0.3, -0.25) is 14.2 Å². The number of hydrogen-bond donors (Lipinski definition) is 1. The predicted molar refractivity (Wildman–Crippen MR) is 111 cm³/mol. The lowest BCUT2D eigenvalue weighted by molar-refractivity contribution is 0.0849. The van der Waals surface area contributed by atoms with Crippen molar-refractivity contribution >= 4 is 5.91 Å². The van der Waals surface area contributed by atoms with E-state index in [2.05, 4.69) is 10.4 Å². The van der Waals surface area contributed by atoms with E-state index in [-0.39, 0.29) is 18.3 Å². The predicted octanol–water partition coefficient (Wildman–Crippen LogP) is 1.35. The fourth-order valence-corrected chi connectivity index (χ4v) is 3.40. The van der Waals surface area contributed by atoms with Gasteiger partial charge < -0.3 is 10.1 Å². The molecule has 0 spiro atoms. The minimum absolute atomic E-state index is 0.0415. The van der Waals surface area contributed by atoms with Gasteiger partial charge in [-0.15, -0.1) is 0 Å². The molecule has 0 bridgehead atoms. The average Bonchev–Trinajstić information content (AvgIpc) is 3.30. The van der Waals surface area contributed by atoms with Gasteiger partial charge in [-0.1, -0.05) is 48.5 Å². The van der Waals surface area contributed by atoms with Crippen molar-refractivity contribution in [2.45, 2.75) is 25.5 Å². The van der Waals surface area contributed by atoms with E-state index in [1.54, 1.807) is 24.3 Å². The fraction of sp³-hybridized carbons (Fsp3) is 0.273. The van der Waals surface area contributed by atoms with Crippen molar-refractivity contribution in [3.63, 3.8) is 0 Å². The fourth-order valence-electron chi connectivity index (χ4n) is 3.40. The number of rotatable bonds is 6. The lowest BCUT2D eigenvalue weighted by atomic mass is 10.2. The van der Waals surface area contributed by atoms with Gasteiger partial charge in [-0.25, -0.2) is 4.79 Å². The molecule has 1 aliphatic heterocycles. The molecule has 154 valence electrons. The maximum atomic E-state index is 13.0. The van der Waals surface area contributed by atoms with Crippen LogP contribution in [-0.4, -0.2) is 39.5 Å². The maximum Gasteiger partial charge on any atom is 0.352 e. The molecule has 3 aromatic rings. The zero-order chi connectivity index (χ0) is 20.9. The maximum absolute atomic E-state index is 13.0. The summed E-state index contributed by atoms with van der Waals surface area (Å²) in [7, 11) is 0. The monoisotopic (exact) mass is 406 g/mol. The second-order valence-electron chi connectivity index (χ2n) is 7.10. The molecule has 4 rings (SSSR count). The smallest absolute Gasteiger partial charge is 0.352 e. The Hall–Kier alpha value is -3.52. The number of carbonyl (C=O) groups excluding carboxylic acids is 1. The Morgan fingerprint density at radius 2 is 1.77 bits per heavy atom. The second-order valence-corrected chi connectivity index (χ2v) is 7.10. The first kappa shape index (κ1) is 19.8. The van der Waals surface area contributed by atoms with Crippen LogP contribution >= 0.6 is 0 Å². The highest BCUT2D eigenvalue weighted by atomic mass is 16.5. The van der Waals surface area contributed by atoms with Crippen LogP contribution in [0.4, 0.5) is 0 Å². The second kappa shape index (κ2) is 8.87. The van der Waals surface area contributed by atoms with Crippen LogP contribution < -0.4 is 16.6 Å². The average molecular weight is 406 g/mol. The molecule has 0 saturated carbocycles. The van der Waals surface area contributed by atoms with E-state index in [9.17, 15) is 14.4 Å². The van der Waals surface area contributed by atoms with Gasteiger partial charge in [0.1, 0.15) is 0 Å². The Balaban J connectivity index is 1.74. The third-order valence-corrected chi connectivity index (χ3v) is 4.97. The van der Waals surface area contributed by atoms with Gasteiger partial charge >= 0.3 is 5.69 Å². The van der Waals surface area contributed by atoms with Gasteiger partial charge in [-0.2, -0.15) is 9.78 Å². The zero-order valence-electron chi connectivity index (χ0n) is 16.4. The molecule has 0 radical (unpaired) electrons. The molecule has 8 heteroatoms. The van der Waals surface area contributed by atoms with Crippen molar-refractivity contribution in [2.24, 2.45) is 0 Å². The first-order chi connectivity index (χ1) is 14.6. The largest absolute Gasteiger partial charge is 0.376 e. The van der Waals surface area contributed by atoms with E-state index in [4.69, 9.17) is 4.74 Å². The summed E-state index contributed by atoms with van der Waals surface area (Å²) in [6.07, 6.45) is 1.73. The Bertz CT molecular complexity index is 1130. The SMILES string of the molecule is O=C(NC[C@H]1CCCO1)c1nn(-c2ccccc2)c(=O)n(Cc2ccccc2)c1=O. The number of amides is 1. The summed E-state index contributed by atoms with van der Waals surface area (Å²) in [5.74, 6) is -0.623. The Labute approximate surface area is 172 Å². The third-order valence-electron chi connectivity index (χ3n) is 4.97. The zero-order valence-corrected chi connectivity index (χ0v) is 16.4. The van der Waals surface area contributed by atoms with Crippen LogP contribution in [0, 0.1) is 0 Å². The van der Waals surface area contributed by atoms with E-state index in [0.717, 1.165) is 27.7 Å². The summed E-state index contributed by atoms with van der Waals surface area (Å²) < 4.78 is 7.64. The van der Waals surface area contributed by atoms with Gasteiger partial charge in [0.25, 0.3) is 11.5 Å². The molecular weight excluding hydrogens is 384 g/mol. The summed E-state index contributed by atoms with van der Waals surface area (Å²) in [6.45, 7) is 1.00. The summed E-state index contributed by atoms with van der Waals surface area (Å²) >= 11 is 0. The van der Waals surface area contributed by atoms with E-state index in [1.165, 1.54) is 0 Å². The van der Waals surface area contributed by atoms with E-state index in [1.807, 2.05) is 36.4 Å². The molecular formula is C22H22N4O4. The summed E-state index contributed by atoms with van der Waals surface area (Å²) in [5, 5.41) is 6.82.